The Balaban J connectivity index is 1.44. The van der Waals surface area contributed by atoms with Crippen molar-refractivity contribution in [1.82, 2.24) is 38.5 Å². The van der Waals surface area contributed by atoms with Crippen molar-refractivity contribution < 1.29 is 16.8 Å². The van der Waals surface area contributed by atoms with E-state index in [1.54, 1.807) is 30.1 Å². The second-order valence-electron chi connectivity index (χ2n) is 9.91. The Kier molecular flexibility index (Phi) is 7.31. The van der Waals surface area contributed by atoms with Gasteiger partial charge in [0.05, 0.1) is 53.4 Å². The molecule has 0 radical (unpaired) electrons. The van der Waals surface area contributed by atoms with Crippen molar-refractivity contribution >= 4 is 30.8 Å². The van der Waals surface area contributed by atoms with Crippen LogP contribution in [0.1, 0.15) is 38.2 Å². The van der Waals surface area contributed by atoms with E-state index in [2.05, 4.69) is 44.8 Å². The predicted molar refractivity (Wildman–Crippen MR) is 152 cm³/mol. The molecule has 0 atom stereocenters. The highest BCUT2D eigenvalue weighted by Gasteiger charge is 2.17. The third-order valence-electron chi connectivity index (χ3n) is 6.51. The molecule has 0 fully saturated rings. The summed E-state index contributed by atoms with van der Waals surface area (Å²) >= 11 is 0. The maximum atomic E-state index is 12.1. The van der Waals surface area contributed by atoms with Gasteiger partial charge in [0.25, 0.3) is 10.0 Å². The van der Waals surface area contributed by atoms with Gasteiger partial charge < -0.3 is 4.57 Å². The van der Waals surface area contributed by atoms with E-state index < -0.39 is 19.9 Å². The summed E-state index contributed by atoms with van der Waals surface area (Å²) in [5.74, 6) is 0.350. The number of hydrogen-bond donors (Lipinski definition) is 0. The van der Waals surface area contributed by atoms with Crippen molar-refractivity contribution in [1.29, 1.82) is 0 Å². The molecule has 0 bridgehead atoms. The molecule has 5 heterocycles. The number of rotatable bonds is 10. The highest BCUT2D eigenvalue weighted by atomic mass is 32.2. The molecular weight excluding hydrogens is 552 g/mol. The average Bonchev–Trinajstić information content (AvgIpc) is 3.66. The lowest BCUT2D eigenvalue weighted by atomic mass is 10.1. The van der Waals surface area contributed by atoms with Gasteiger partial charge in [-0.2, -0.15) is 14.3 Å². The van der Waals surface area contributed by atoms with E-state index in [-0.39, 0.29) is 17.5 Å². The largest absolute Gasteiger partial charge is 0.344 e. The monoisotopic (exact) mass is 582 g/mol. The molecule has 5 rings (SSSR count). The Morgan fingerprint density at radius 1 is 0.925 bits per heavy atom. The Bertz CT molecular complexity index is 1900. The van der Waals surface area contributed by atoms with Crippen molar-refractivity contribution in [2.24, 2.45) is 0 Å². The molecule has 0 aromatic carbocycles. The van der Waals surface area contributed by atoms with Gasteiger partial charge in [0.1, 0.15) is 9.84 Å². The Hall–Kier alpha value is -3.91. The van der Waals surface area contributed by atoms with Gasteiger partial charge in [-0.3, -0.25) is 9.67 Å². The minimum Gasteiger partial charge on any atom is -0.344 e. The number of sulfone groups is 1. The van der Waals surface area contributed by atoms with Crippen LogP contribution >= 0.6 is 0 Å². The zero-order chi connectivity index (χ0) is 28.7. The third kappa shape index (κ3) is 5.82. The SMILES string of the molecule is CCS(=O)(=O)n1cc(-c2nccc(Cc3cc4c(cn3)c(-c3cnn(CCS(C)(=O)=O)c3)cn4C(C)C)n2)cn1. The van der Waals surface area contributed by atoms with Crippen molar-refractivity contribution in [2.75, 3.05) is 17.8 Å². The second-order valence-corrected chi connectivity index (χ2v) is 14.3. The maximum Gasteiger partial charge on any atom is 0.253 e. The molecule has 0 unspecified atom stereocenters. The summed E-state index contributed by atoms with van der Waals surface area (Å²) in [7, 11) is -6.58. The van der Waals surface area contributed by atoms with Gasteiger partial charge >= 0.3 is 0 Å². The quantitative estimate of drug-likeness (QED) is 0.242. The first-order valence-corrected chi connectivity index (χ1v) is 16.4. The minimum atomic E-state index is -3.49. The van der Waals surface area contributed by atoms with Crippen LogP contribution in [0, 0.1) is 0 Å². The molecule has 5 aromatic heterocycles. The summed E-state index contributed by atoms with van der Waals surface area (Å²) in [5.41, 5.74) is 4.93. The molecule has 12 nitrogen and oxygen atoms in total. The second kappa shape index (κ2) is 10.6. The first-order chi connectivity index (χ1) is 18.9. The Morgan fingerprint density at radius 3 is 2.42 bits per heavy atom. The van der Waals surface area contributed by atoms with Gasteiger partial charge in [0.2, 0.25) is 0 Å². The van der Waals surface area contributed by atoms with Crippen molar-refractivity contribution in [3.05, 3.63) is 66.9 Å². The zero-order valence-corrected chi connectivity index (χ0v) is 24.3. The van der Waals surface area contributed by atoms with Crippen LogP contribution in [-0.4, -0.2) is 73.1 Å². The number of aryl methyl sites for hydroxylation is 1. The number of nitrogens with zero attached hydrogens (tertiary/aromatic N) is 8. The molecule has 0 spiro atoms. The first kappa shape index (κ1) is 27.6. The summed E-state index contributed by atoms with van der Waals surface area (Å²) in [6.45, 7) is 6.06. The van der Waals surface area contributed by atoms with Crippen LogP contribution in [-0.2, 0) is 32.8 Å². The van der Waals surface area contributed by atoms with Gasteiger partial charge in [0.15, 0.2) is 5.82 Å². The van der Waals surface area contributed by atoms with E-state index in [1.165, 1.54) is 18.6 Å². The van der Waals surface area contributed by atoms with E-state index in [1.807, 2.05) is 18.5 Å². The molecule has 210 valence electrons. The predicted octanol–water partition coefficient (Wildman–Crippen LogP) is 2.97. The van der Waals surface area contributed by atoms with Crippen molar-refractivity contribution in [2.45, 2.75) is 39.8 Å². The lowest BCUT2D eigenvalue weighted by molar-refractivity contribution is 0.581. The number of aromatic nitrogens is 8. The Morgan fingerprint density at radius 2 is 1.70 bits per heavy atom. The van der Waals surface area contributed by atoms with Crippen LogP contribution in [0.5, 0.6) is 0 Å². The standard InChI is InChI=1S/C26H30N8O4S2/c1-5-40(37,38)34-16-20(13-30-34)26-27-7-6-21(31-26)10-22-11-25-23(14-28-22)24(17-33(25)18(2)3)19-12-29-32(15-19)8-9-39(4,35)36/h6-7,11-18H,5,8-10H2,1-4H3. The van der Waals surface area contributed by atoms with Crippen molar-refractivity contribution in [3.8, 4) is 22.5 Å². The van der Waals surface area contributed by atoms with E-state index in [0.29, 0.717) is 24.4 Å². The smallest absolute Gasteiger partial charge is 0.253 e. The third-order valence-corrected chi connectivity index (χ3v) is 8.93. The summed E-state index contributed by atoms with van der Waals surface area (Å²) in [6.07, 6.45) is 13.7. The summed E-state index contributed by atoms with van der Waals surface area (Å²) in [6, 6.07) is 4.04. The summed E-state index contributed by atoms with van der Waals surface area (Å²) in [4.78, 5) is 13.6. The lowest BCUT2D eigenvalue weighted by Gasteiger charge is -2.10. The fraction of sp³-hybridized carbons (Fsp3) is 0.346. The van der Waals surface area contributed by atoms with Crippen LogP contribution < -0.4 is 0 Å². The maximum absolute atomic E-state index is 12.1. The topological polar surface area (TPSA) is 148 Å². The van der Waals surface area contributed by atoms with E-state index in [9.17, 15) is 16.8 Å². The van der Waals surface area contributed by atoms with E-state index in [4.69, 9.17) is 4.98 Å². The molecule has 0 amide bonds. The summed E-state index contributed by atoms with van der Waals surface area (Å²) < 4.78 is 52.1. The van der Waals surface area contributed by atoms with E-state index in [0.717, 1.165) is 37.5 Å². The van der Waals surface area contributed by atoms with Crippen LogP contribution in [0.2, 0.25) is 0 Å². The lowest BCUT2D eigenvalue weighted by Crippen LogP contribution is -2.14. The fourth-order valence-corrected chi connectivity index (χ4v) is 5.60. The molecule has 5 aromatic rings. The molecule has 0 saturated heterocycles. The van der Waals surface area contributed by atoms with Gasteiger partial charge in [-0.25, -0.2) is 26.8 Å². The molecule has 0 N–H and O–H groups in total. The first-order valence-electron chi connectivity index (χ1n) is 12.7. The highest BCUT2D eigenvalue weighted by molar-refractivity contribution is 7.90. The average molecular weight is 583 g/mol. The Labute approximate surface area is 232 Å². The summed E-state index contributed by atoms with van der Waals surface area (Å²) in [5, 5.41) is 9.28. The number of pyridine rings is 1. The minimum absolute atomic E-state index is 0.0255. The molecular formula is C26H30N8O4S2. The molecule has 14 heteroatoms. The zero-order valence-electron chi connectivity index (χ0n) is 22.6. The normalized spacial score (nSPS) is 12.5. The van der Waals surface area contributed by atoms with Gasteiger partial charge in [0, 0.05) is 65.7 Å². The van der Waals surface area contributed by atoms with Crippen LogP contribution in [0.15, 0.2) is 55.5 Å². The van der Waals surface area contributed by atoms with E-state index >= 15 is 0 Å². The highest BCUT2D eigenvalue weighted by Crippen LogP contribution is 2.32. The molecule has 0 aliphatic carbocycles. The molecule has 0 aliphatic heterocycles. The molecule has 0 saturated carbocycles. The number of fused-ring (bicyclic) bond motifs is 1. The van der Waals surface area contributed by atoms with Crippen LogP contribution in [0.25, 0.3) is 33.4 Å². The van der Waals surface area contributed by atoms with Gasteiger partial charge in [-0.1, -0.05) is 0 Å². The van der Waals surface area contributed by atoms with Crippen LogP contribution in [0.3, 0.4) is 0 Å². The van der Waals surface area contributed by atoms with Crippen LogP contribution in [0.4, 0.5) is 0 Å². The van der Waals surface area contributed by atoms with Gasteiger partial charge in [-0.15, -0.1) is 0 Å². The fourth-order valence-electron chi connectivity index (χ4n) is 4.35. The molecule has 40 heavy (non-hydrogen) atoms. The molecule has 0 aliphatic rings. The number of hydrogen-bond acceptors (Lipinski definition) is 9. The van der Waals surface area contributed by atoms with Crippen molar-refractivity contribution in [3.63, 3.8) is 0 Å². The van der Waals surface area contributed by atoms with Gasteiger partial charge in [-0.05, 0) is 32.9 Å².